The van der Waals surface area contributed by atoms with Crippen LogP contribution in [0.15, 0.2) is 95.9 Å². The first-order valence-electron chi connectivity index (χ1n) is 10.7. The van der Waals surface area contributed by atoms with Crippen molar-refractivity contribution in [3.63, 3.8) is 0 Å². The molecule has 0 aromatic heterocycles. The third kappa shape index (κ3) is 5.71. The number of rotatable bonds is 8. The van der Waals surface area contributed by atoms with Crippen molar-refractivity contribution in [3.8, 4) is 0 Å². The molecule has 9 heteroatoms. The fourth-order valence-electron chi connectivity index (χ4n) is 3.54. The number of benzene rings is 4. The lowest BCUT2D eigenvalue weighted by atomic mass is 10.0. The average Bonchev–Trinajstić information content (AvgIpc) is 2.86. The van der Waals surface area contributed by atoms with Gasteiger partial charge in [-0.3, -0.25) is 10.1 Å². The fourth-order valence-corrected chi connectivity index (χ4v) is 4.57. The number of sulfonamides is 1. The van der Waals surface area contributed by atoms with Crippen molar-refractivity contribution in [2.75, 3.05) is 6.54 Å². The summed E-state index contributed by atoms with van der Waals surface area (Å²) in [5.74, 6) is -0.729. The number of nitrogens with one attached hydrogen (secondary N) is 1. The van der Waals surface area contributed by atoms with Crippen molar-refractivity contribution in [2.24, 2.45) is 0 Å². The molecule has 1 N–H and O–H groups in total. The second-order valence-electron chi connectivity index (χ2n) is 7.97. The molecule has 0 bridgehead atoms. The van der Waals surface area contributed by atoms with Crippen LogP contribution >= 0.6 is 0 Å². The molecule has 35 heavy (non-hydrogen) atoms. The zero-order chi connectivity index (χ0) is 25.0. The van der Waals surface area contributed by atoms with Crippen LogP contribution in [0.5, 0.6) is 0 Å². The second kappa shape index (κ2) is 10.0. The first kappa shape index (κ1) is 24.1. The molecule has 8 nitrogen and oxygen atoms in total. The summed E-state index contributed by atoms with van der Waals surface area (Å²) in [7, 11) is -3.85. The Morgan fingerprint density at radius 3 is 2.26 bits per heavy atom. The number of ether oxygens (including phenoxy) is 1. The molecule has 0 saturated heterocycles. The van der Waals surface area contributed by atoms with Gasteiger partial charge in [-0.2, -0.15) is 0 Å². The van der Waals surface area contributed by atoms with Crippen LogP contribution in [0.1, 0.15) is 27.6 Å². The number of nitro groups is 1. The number of hydrogen-bond acceptors (Lipinski definition) is 6. The molecule has 4 aromatic rings. The summed E-state index contributed by atoms with van der Waals surface area (Å²) in [4.78, 5) is 23.3. The highest BCUT2D eigenvalue weighted by Gasteiger charge is 2.23. The molecule has 1 unspecified atom stereocenters. The van der Waals surface area contributed by atoms with Gasteiger partial charge in [0.15, 0.2) is 0 Å². The summed E-state index contributed by atoms with van der Waals surface area (Å²) >= 11 is 0. The van der Waals surface area contributed by atoms with E-state index >= 15 is 0 Å². The molecule has 0 aliphatic carbocycles. The maximum absolute atomic E-state index is 12.8. The number of carbonyl (C=O) groups is 1. The van der Waals surface area contributed by atoms with E-state index < -0.39 is 27.0 Å². The molecule has 0 aliphatic heterocycles. The Hall–Kier alpha value is -4.08. The van der Waals surface area contributed by atoms with Gasteiger partial charge in [0.05, 0.1) is 21.9 Å². The van der Waals surface area contributed by atoms with Crippen molar-refractivity contribution in [1.82, 2.24) is 4.72 Å². The first-order chi connectivity index (χ1) is 16.7. The van der Waals surface area contributed by atoms with Gasteiger partial charge in [0.2, 0.25) is 10.0 Å². The van der Waals surface area contributed by atoms with Crippen LogP contribution in [0.25, 0.3) is 10.8 Å². The van der Waals surface area contributed by atoms with Crippen LogP contribution in [0, 0.1) is 17.0 Å². The molecule has 4 aromatic carbocycles. The summed E-state index contributed by atoms with van der Waals surface area (Å²) in [5.41, 5.74) is 1.49. The molecule has 0 spiro atoms. The number of esters is 1. The highest BCUT2D eigenvalue weighted by atomic mass is 32.2. The largest absolute Gasteiger partial charge is 0.452 e. The molecule has 0 fully saturated rings. The Kier molecular flexibility index (Phi) is 6.90. The van der Waals surface area contributed by atoms with E-state index in [4.69, 9.17) is 4.74 Å². The van der Waals surface area contributed by atoms with E-state index in [0.29, 0.717) is 5.56 Å². The number of nitrogens with zero attached hydrogens (tertiary/aromatic N) is 1. The van der Waals surface area contributed by atoms with E-state index in [0.717, 1.165) is 16.3 Å². The van der Waals surface area contributed by atoms with Gasteiger partial charge in [0.25, 0.3) is 5.69 Å². The first-order valence-corrected chi connectivity index (χ1v) is 12.2. The van der Waals surface area contributed by atoms with E-state index in [-0.39, 0.29) is 22.7 Å². The lowest BCUT2D eigenvalue weighted by Gasteiger charge is -2.20. The van der Waals surface area contributed by atoms with Crippen LogP contribution in [0.2, 0.25) is 0 Å². The summed E-state index contributed by atoms with van der Waals surface area (Å²) in [5, 5.41) is 12.8. The van der Waals surface area contributed by atoms with E-state index in [2.05, 4.69) is 4.72 Å². The Balaban J connectivity index is 1.61. The molecule has 0 heterocycles. The number of aryl methyl sites for hydroxylation is 1. The van der Waals surface area contributed by atoms with Gasteiger partial charge >= 0.3 is 5.97 Å². The van der Waals surface area contributed by atoms with E-state index in [9.17, 15) is 23.3 Å². The van der Waals surface area contributed by atoms with Crippen molar-refractivity contribution >= 4 is 32.5 Å². The van der Waals surface area contributed by atoms with Crippen LogP contribution in [-0.4, -0.2) is 25.9 Å². The summed E-state index contributed by atoms with van der Waals surface area (Å²) in [6, 6.07) is 24.5. The Morgan fingerprint density at radius 1 is 0.943 bits per heavy atom. The molecule has 0 radical (unpaired) electrons. The van der Waals surface area contributed by atoms with Crippen molar-refractivity contribution in [1.29, 1.82) is 0 Å². The highest BCUT2D eigenvalue weighted by Crippen LogP contribution is 2.25. The van der Waals surface area contributed by atoms with Gasteiger partial charge in [0, 0.05) is 12.1 Å². The van der Waals surface area contributed by atoms with Gasteiger partial charge in [-0.25, -0.2) is 17.9 Å². The van der Waals surface area contributed by atoms with Gasteiger partial charge < -0.3 is 4.74 Å². The topological polar surface area (TPSA) is 116 Å². The van der Waals surface area contributed by atoms with E-state index in [1.165, 1.54) is 36.4 Å². The summed E-state index contributed by atoms with van der Waals surface area (Å²) < 4.78 is 33.9. The predicted octanol–water partition coefficient (Wildman–Crippen LogP) is 4.93. The average molecular weight is 491 g/mol. The zero-order valence-corrected chi connectivity index (χ0v) is 19.6. The minimum atomic E-state index is -3.85. The Bertz CT molecular complexity index is 1480. The van der Waals surface area contributed by atoms with Gasteiger partial charge in [-0.1, -0.05) is 54.1 Å². The summed E-state index contributed by atoms with van der Waals surface area (Å²) in [6.45, 7) is 1.66. The Morgan fingerprint density at radius 2 is 1.60 bits per heavy atom. The third-order valence-corrected chi connectivity index (χ3v) is 6.94. The van der Waals surface area contributed by atoms with Crippen molar-refractivity contribution in [2.45, 2.75) is 17.9 Å². The van der Waals surface area contributed by atoms with E-state index in [1.807, 2.05) is 43.3 Å². The van der Waals surface area contributed by atoms with Gasteiger partial charge in [-0.15, -0.1) is 0 Å². The third-order valence-electron chi connectivity index (χ3n) is 5.50. The fraction of sp³-hybridized carbons (Fsp3) is 0.115. The predicted molar refractivity (Wildman–Crippen MR) is 132 cm³/mol. The van der Waals surface area contributed by atoms with Gasteiger partial charge in [0.1, 0.15) is 6.10 Å². The maximum Gasteiger partial charge on any atom is 0.338 e. The number of carbonyl (C=O) groups excluding carboxylic acids is 1. The normalized spacial score (nSPS) is 12.3. The molecule has 1 atom stereocenters. The van der Waals surface area contributed by atoms with E-state index in [1.54, 1.807) is 18.2 Å². The Labute approximate surface area is 202 Å². The van der Waals surface area contributed by atoms with Crippen LogP contribution < -0.4 is 4.72 Å². The highest BCUT2D eigenvalue weighted by molar-refractivity contribution is 7.89. The quantitative estimate of drug-likeness (QED) is 0.213. The lowest BCUT2D eigenvalue weighted by Crippen LogP contribution is -2.30. The zero-order valence-electron chi connectivity index (χ0n) is 18.7. The maximum atomic E-state index is 12.8. The number of non-ortho nitro benzene ring substituents is 1. The SMILES string of the molecule is Cc1ccc(S(=O)(=O)NCC(OC(=O)c2ccc([N+](=O)[O-])cc2)c2ccc3ccccc3c2)cc1. The molecule has 0 aliphatic rings. The molecule has 0 amide bonds. The summed E-state index contributed by atoms with van der Waals surface area (Å²) in [6.07, 6.45) is -0.942. The van der Waals surface area contributed by atoms with Crippen LogP contribution in [0.4, 0.5) is 5.69 Å². The minimum absolute atomic E-state index is 0.0991. The molecule has 4 rings (SSSR count). The smallest absolute Gasteiger partial charge is 0.338 e. The molecular formula is C26H22N2O6S. The van der Waals surface area contributed by atoms with Gasteiger partial charge in [-0.05, 0) is 53.6 Å². The molecule has 0 saturated carbocycles. The molecule has 178 valence electrons. The number of hydrogen-bond donors (Lipinski definition) is 1. The van der Waals surface area contributed by atoms with Crippen molar-refractivity contribution in [3.05, 3.63) is 118 Å². The second-order valence-corrected chi connectivity index (χ2v) is 9.74. The number of fused-ring (bicyclic) bond motifs is 1. The van der Waals surface area contributed by atoms with Crippen molar-refractivity contribution < 1.29 is 22.9 Å². The van der Waals surface area contributed by atoms with Crippen LogP contribution in [0.3, 0.4) is 0 Å². The standard InChI is InChI=1S/C26H22N2O6S/c1-18-6-14-24(15-7-18)35(32,33)27-17-25(22-9-8-19-4-2-3-5-21(19)16-22)34-26(29)20-10-12-23(13-11-20)28(30)31/h2-16,25,27H,17H2,1H3. The molecular weight excluding hydrogens is 468 g/mol. The monoisotopic (exact) mass is 490 g/mol. The number of nitro benzene ring substituents is 1. The van der Waals surface area contributed by atoms with Crippen LogP contribution in [-0.2, 0) is 14.8 Å². The lowest BCUT2D eigenvalue weighted by molar-refractivity contribution is -0.384. The minimum Gasteiger partial charge on any atom is -0.452 e.